The SMILES string of the molecule is CCNC(=O)[C@@H](Cc1ccccc1)N(Cc1ccc(Cl)c(Cl)c1)C(=O)CCCN(c1ccc(C)cc1)S(C)(=O)=O. The van der Waals surface area contributed by atoms with Gasteiger partial charge in [-0.3, -0.25) is 13.9 Å². The van der Waals surface area contributed by atoms with Crippen LogP contribution in [0.15, 0.2) is 72.8 Å². The van der Waals surface area contributed by atoms with E-state index in [1.807, 2.05) is 56.3 Å². The number of rotatable bonds is 13. The highest BCUT2D eigenvalue weighted by atomic mass is 35.5. The third kappa shape index (κ3) is 8.98. The summed E-state index contributed by atoms with van der Waals surface area (Å²) >= 11 is 12.4. The predicted molar refractivity (Wildman–Crippen MR) is 162 cm³/mol. The van der Waals surface area contributed by atoms with Gasteiger partial charge in [-0.1, -0.05) is 77.3 Å². The fourth-order valence-corrected chi connectivity index (χ4v) is 5.68. The second-order valence-corrected chi connectivity index (χ2v) is 12.4. The van der Waals surface area contributed by atoms with E-state index < -0.39 is 16.1 Å². The van der Waals surface area contributed by atoms with Crippen LogP contribution >= 0.6 is 23.2 Å². The fraction of sp³-hybridized carbons (Fsp3) is 0.333. The third-order valence-electron chi connectivity index (χ3n) is 6.43. The summed E-state index contributed by atoms with van der Waals surface area (Å²) in [6.45, 7) is 4.43. The van der Waals surface area contributed by atoms with Gasteiger partial charge in [0.15, 0.2) is 0 Å². The predicted octanol–water partition coefficient (Wildman–Crippen LogP) is 5.62. The number of hydrogen-bond donors (Lipinski definition) is 1. The Bertz CT molecular complexity index is 1400. The van der Waals surface area contributed by atoms with Gasteiger partial charge in [-0.2, -0.15) is 0 Å². The summed E-state index contributed by atoms with van der Waals surface area (Å²) in [5.41, 5.74) is 3.19. The zero-order valence-corrected chi connectivity index (χ0v) is 25.3. The van der Waals surface area contributed by atoms with E-state index in [9.17, 15) is 18.0 Å². The van der Waals surface area contributed by atoms with Crippen molar-refractivity contribution in [3.63, 3.8) is 0 Å². The van der Waals surface area contributed by atoms with Crippen LogP contribution in [0.25, 0.3) is 0 Å². The monoisotopic (exact) mass is 603 g/mol. The van der Waals surface area contributed by atoms with Gasteiger partial charge in [0.1, 0.15) is 6.04 Å². The molecule has 0 saturated carbocycles. The molecule has 2 amide bonds. The van der Waals surface area contributed by atoms with Gasteiger partial charge in [-0.05, 0) is 55.7 Å². The largest absolute Gasteiger partial charge is 0.355 e. The van der Waals surface area contributed by atoms with Crippen LogP contribution in [0.2, 0.25) is 10.0 Å². The highest BCUT2D eigenvalue weighted by Crippen LogP contribution is 2.25. The van der Waals surface area contributed by atoms with Crippen LogP contribution in [0.1, 0.15) is 36.5 Å². The Labute approximate surface area is 247 Å². The minimum atomic E-state index is -3.57. The number of carbonyl (C=O) groups excluding carboxylic acids is 2. The highest BCUT2D eigenvalue weighted by molar-refractivity contribution is 7.92. The first-order chi connectivity index (χ1) is 19.0. The van der Waals surface area contributed by atoms with Gasteiger partial charge in [0.05, 0.1) is 22.0 Å². The van der Waals surface area contributed by atoms with Crippen molar-refractivity contribution in [1.29, 1.82) is 0 Å². The van der Waals surface area contributed by atoms with Crippen LogP contribution in [0.4, 0.5) is 5.69 Å². The topological polar surface area (TPSA) is 86.8 Å². The number of benzene rings is 3. The lowest BCUT2D eigenvalue weighted by molar-refractivity contribution is -0.141. The molecule has 0 bridgehead atoms. The average Bonchev–Trinajstić information content (AvgIpc) is 2.91. The number of nitrogens with zero attached hydrogens (tertiary/aromatic N) is 2. The van der Waals surface area contributed by atoms with Crippen LogP contribution in [0.3, 0.4) is 0 Å². The van der Waals surface area contributed by atoms with E-state index in [-0.39, 0.29) is 37.7 Å². The van der Waals surface area contributed by atoms with E-state index in [0.29, 0.717) is 28.7 Å². The molecule has 0 aromatic heterocycles. The molecule has 0 aliphatic rings. The summed E-state index contributed by atoms with van der Waals surface area (Å²) in [5, 5.41) is 3.61. The molecule has 0 radical (unpaired) electrons. The van der Waals surface area contributed by atoms with Crippen molar-refractivity contribution in [2.24, 2.45) is 0 Å². The van der Waals surface area contributed by atoms with Gasteiger partial charge in [0, 0.05) is 32.5 Å². The minimum absolute atomic E-state index is 0.0455. The maximum Gasteiger partial charge on any atom is 0.243 e. The van der Waals surface area contributed by atoms with E-state index >= 15 is 0 Å². The number of sulfonamides is 1. The summed E-state index contributed by atoms with van der Waals surface area (Å²) in [5.74, 6) is -0.534. The molecular formula is C30H35Cl2N3O4S. The Kier molecular flexibility index (Phi) is 11.4. The molecule has 0 saturated heterocycles. The Hall–Kier alpha value is -3.07. The molecule has 3 aromatic carbocycles. The van der Waals surface area contributed by atoms with Crippen molar-refractivity contribution in [2.75, 3.05) is 23.7 Å². The average molecular weight is 605 g/mol. The first-order valence-electron chi connectivity index (χ1n) is 13.1. The van der Waals surface area contributed by atoms with Crippen molar-refractivity contribution < 1.29 is 18.0 Å². The van der Waals surface area contributed by atoms with Crippen LogP contribution < -0.4 is 9.62 Å². The number of anilines is 1. The van der Waals surface area contributed by atoms with Crippen LogP contribution in [-0.2, 0) is 32.6 Å². The van der Waals surface area contributed by atoms with Gasteiger partial charge in [-0.15, -0.1) is 0 Å². The Morgan fingerprint density at radius 1 is 0.925 bits per heavy atom. The van der Waals surface area contributed by atoms with Crippen molar-refractivity contribution in [2.45, 2.75) is 45.7 Å². The molecule has 3 aromatic rings. The molecule has 10 heteroatoms. The van der Waals surface area contributed by atoms with E-state index in [1.165, 1.54) is 4.31 Å². The van der Waals surface area contributed by atoms with Gasteiger partial charge in [0.25, 0.3) is 0 Å². The number of hydrogen-bond acceptors (Lipinski definition) is 4. The smallest absolute Gasteiger partial charge is 0.243 e. The van der Waals surface area contributed by atoms with E-state index in [4.69, 9.17) is 23.2 Å². The summed E-state index contributed by atoms with van der Waals surface area (Å²) in [4.78, 5) is 28.6. The third-order valence-corrected chi connectivity index (χ3v) is 8.37. The molecule has 0 unspecified atom stereocenters. The summed E-state index contributed by atoms with van der Waals surface area (Å²) in [7, 11) is -3.57. The normalized spacial score (nSPS) is 12.0. The molecule has 7 nitrogen and oxygen atoms in total. The molecule has 1 atom stereocenters. The lowest BCUT2D eigenvalue weighted by Gasteiger charge is -2.32. The second kappa shape index (κ2) is 14.5. The zero-order chi connectivity index (χ0) is 29.3. The maximum absolute atomic E-state index is 13.8. The Morgan fingerprint density at radius 2 is 1.60 bits per heavy atom. The van der Waals surface area contributed by atoms with Crippen molar-refractivity contribution >= 4 is 50.7 Å². The van der Waals surface area contributed by atoms with E-state index in [0.717, 1.165) is 22.9 Å². The van der Waals surface area contributed by atoms with Crippen LogP contribution in [-0.4, -0.2) is 50.5 Å². The fourth-order valence-electron chi connectivity index (χ4n) is 4.40. The first kappa shape index (κ1) is 31.5. The summed E-state index contributed by atoms with van der Waals surface area (Å²) in [6, 6.07) is 21.0. The zero-order valence-electron chi connectivity index (χ0n) is 22.9. The van der Waals surface area contributed by atoms with Crippen LogP contribution in [0, 0.1) is 6.92 Å². The molecule has 1 N–H and O–H groups in total. The number of carbonyl (C=O) groups is 2. The Balaban J connectivity index is 1.87. The second-order valence-electron chi connectivity index (χ2n) is 9.64. The van der Waals surface area contributed by atoms with Crippen LogP contribution in [0.5, 0.6) is 0 Å². The molecule has 0 aliphatic carbocycles. The first-order valence-corrected chi connectivity index (χ1v) is 15.7. The lowest BCUT2D eigenvalue weighted by atomic mass is 10.0. The summed E-state index contributed by atoms with van der Waals surface area (Å²) < 4.78 is 26.4. The van der Waals surface area contributed by atoms with Gasteiger partial charge < -0.3 is 10.2 Å². The summed E-state index contributed by atoms with van der Waals surface area (Å²) in [6.07, 6.45) is 1.78. The quantitative estimate of drug-likeness (QED) is 0.274. The molecule has 0 fully saturated rings. The Morgan fingerprint density at radius 3 is 2.20 bits per heavy atom. The molecule has 3 rings (SSSR count). The molecule has 40 heavy (non-hydrogen) atoms. The highest BCUT2D eigenvalue weighted by Gasteiger charge is 2.30. The number of halogens is 2. The number of amides is 2. The molecular weight excluding hydrogens is 569 g/mol. The maximum atomic E-state index is 13.8. The van der Waals surface area contributed by atoms with E-state index in [2.05, 4.69) is 5.32 Å². The molecule has 0 aliphatic heterocycles. The minimum Gasteiger partial charge on any atom is -0.355 e. The number of aryl methyl sites for hydroxylation is 1. The van der Waals surface area contributed by atoms with Gasteiger partial charge >= 0.3 is 0 Å². The standard InChI is InChI=1S/C30H35Cl2N3O4S/c1-4-33-30(37)28(20-23-9-6-5-7-10-23)34(21-24-14-17-26(31)27(32)19-24)29(36)11-8-18-35(40(3,38)39)25-15-12-22(2)13-16-25/h5-7,9-10,12-17,19,28H,4,8,11,18,20-21H2,1-3H3,(H,33,37)/t28-/m1/s1. The number of likely N-dealkylation sites (N-methyl/N-ethyl adjacent to an activating group) is 1. The van der Waals surface area contributed by atoms with Gasteiger partial charge in [0.2, 0.25) is 21.8 Å². The molecule has 214 valence electrons. The number of nitrogens with one attached hydrogen (secondary N) is 1. The molecule has 0 spiro atoms. The lowest BCUT2D eigenvalue weighted by Crippen LogP contribution is -2.50. The van der Waals surface area contributed by atoms with E-state index in [1.54, 1.807) is 35.2 Å². The van der Waals surface area contributed by atoms with Crippen molar-refractivity contribution in [1.82, 2.24) is 10.2 Å². The molecule has 0 heterocycles. The van der Waals surface area contributed by atoms with Gasteiger partial charge in [-0.25, -0.2) is 8.42 Å². The van der Waals surface area contributed by atoms with Crippen molar-refractivity contribution in [3.05, 3.63) is 99.5 Å². The van der Waals surface area contributed by atoms with Crippen molar-refractivity contribution in [3.8, 4) is 0 Å².